The molecule has 2 aromatic rings. The van der Waals surface area contributed by atoms with Crippen LogP contribution in [0.15, 0.2) is 42.6 Å². The average molecular weight is 399 g/mol. The van der Waals surface area contributed by atoms with Gasteiger partial charge in [0, 0.05) is 12.7 Å². The molecular formula is C25H38N2O2. The number of anilines is 1. The number of aliphatic hydroxyl groups excluding tert-OH is 1. The second-order valence-electron chi connectivity index (χ2n) is 7.86. The summed E-state index contributed by atoms with van der Waals surface area (Å²) < 4.78 is 5.97. The monoisotopic (exact) mass is 398 g/mol. The molecule has 2 N–H and O–H groups in total. The fourth-order valence-corrected chi connectivity index (χ4v) is 3.33. The molecule has 0 aliphatic carbocycles. The van der Waals surface area contributed by atoms with Crippen LogP contribution in [0.4, 0.5) is 5.82 Å². The third-order valence-corrected chi connectivity index (χ3v) is 5.02. The van der Waals surface area contributed by atoms with Crippen LogP contribution in [0.1, 0.15) is 71.6 Å². The first-order valence-corrected chi connectivity index (χ1v) is 11.3. The molecule has 0 bridgehead atoms. The standard InChI is InChI=1S/C25H38N2O2/c1-3-4-5-6-7-8-9-10-11-17-29-24-14-12-13-22(18-24)23-15-16-26-25(19-23)27-20-21(2)28/h12-16,18-19,21,28H,3-11,17,20H2,1-2H3,(H,26,27)/t21-/m1/s1. The smallest absolute Gasteiger partial charge is 0.126 e. The van der Waals surface area contributed by atoms with E-state index >= 15 is 0 Å². The van der Waals surface area contributed by atoms with Gasteiger partial charge in [0.05, 0.1) is 12.7 Å². The van der Waals surface area contributed by atoms with Gasteiger partial charge in [-0.15, -0.1) is 0 Å². The minimum atomic E-state index is -0.404. The molecule has 0 radical (unpaired) electrons. The lowest BCUT2D eigenvalue weighted by atomic mass is 10.1. The fourth-order valence-electron chi connectivity index (χ4n) is 3.33. The summed E-state index contributed by atoms with van der Waals surface area (Å²) in [4.78, 5) is 4.31. The van der Waals surface area contributed by atoms with Crippen LogP contribution in [0.5, 0.6) is 5.75 Å². The lowest BCUT2D eigenvalue weighted by molar-refractivity contribution is 0.208. The predicted molar refractivity (Wildman–Crippen MR) is 123 cm³/mol. The van der Waals surface area contributed by atoms with E-state index in [9.17, 15) is 5.11 Å². The van der Waals surface area contributed by atoms with E-state index in [-0.39, 0.29) is 0 Å². The number of nitrogens with one attached hydrogen (secondary N) is 1. The largest absolute Gasteiger partial charge is 0.494 e. The second-order valence-corrected chi connectivity index (χ2v) is 7.86. The summed E-state index contributed by atoms with van der Waals surface area (Å²) in [6.45, 7) is 5.28. The third kappa shape index (κ3) is 9.80. The van der Waals surface area contributed by atoms with Crippen LogP contribution in [0.2, 0.25) is 0 Å². The van der Waals surface area contributed by atoms with E-state index < -0.39 is 6.10 Å². The zero-order chi connectivity index (χ0) is 20.7. The molecule has 1 atom stereocenters. The minimum Gasteiger partial charge on any atom is -0.494 e. The van der Waals surface area contributed by atoms with Crippen molar-refractivity contribution in [2.24, 2.45) is 0 Å². The molecule has 160 valence electrons. The zero-order valence-corrected chi connectivity index (χ0v) is 18.2. The summed E-state index contributed by atoms with van der Waals surface area (Å²) in [6, 6.07) is 12.2. The maximum atomic E-state index is 9.42. The van der Waals surface area contributed by atoms with Crippen molar-refractivity contribution in [3.8, 4) is 16.9 Å². The normalized spacial score (nSPS) is 12.0. The first-order valence-electron chi connectivity index (χ1n) is 11.3. The quantitative estimate of drug-likeness (QED) is 0.338. The molecule has 29 heavy (non-hydrogen) atoms. The van der Waals surface area contributed by atoms with Gasteiger partial charge < -0.3 is 15.2 Å². The highest BCUT2D eigenvalue weighted by Gasteiger charge is 2.04. The van der Waals surface area contributed by atoms with Crippen LogP contribution in [-0.4, -0.2) is 29.3 Å². The third-order valence-electron chi connectivity index (χ3n) is 5.02. The zero-order valence-electron chi connectivity index (χ0n) is 18.2. The number of pyridine rings is 1. The van der Waals surface area contributed by atoms with E-state index in [0.717, 1.165) is 35.7 Å². The van der Waals surface area contributed by atoms with Gasteiger partial charge >= 0.3 is 0 Å². The van der Waals surface area contributed by atoms with Crippen LogP contribution in [0.25, 0.3) is 11.1 Å². The Morgan fingerprint density at radius 2 is 1.62 bits per heavy atom. The Kier molecular flexibility index (Phi) is 11.2. The summed E-state index contributed by atoms with van der Waals surface area (Å²) in [5, 5.41) is 12.6. The molecule has 0 aliphatic rings. The molecule has 0 saturated heterocycles. The first kappa shape index (κ1) is 23.2. The molecule has 0 aliphatic heterocycles. The number of hydrogen-bond acceptors (Lipinski definition) is 4. The molecule has 4 nitrogen and oxygen atoms in total. The Morgan fingerprint density at radius 1 is 0.931 bits per heavy atom. The predicted octanol–water partition coefficient (Wildman–Crippen LogP) is 6.45. The molecular weight excluding hydrogens is 360 g/mol. The minimum absolute atomic E-state index is 0.404. The number of ether oxygens (including phenoxy) is 1. The number of aromatic nitrogens is 1. The van der Waals surface area contributed by atoms with E-state index in [2.05, 4.69) is 29.4 Å². The highest BCUT2D eigenvalue weighted by molar-refractivity contribution is 5.67. The van der Waals surface area contributed by atoms with Crippen molar-refractivity contribution in [3.63, 3.8) is 0 Å². The van der Waals surface area contributed by atoms with Gasteiger partial charge in [0.15, 0.2) is 0 Å². The Bertz CT molecular complexity index is 688. The van der Waals surface area contributed by atoms with Crippen molar-refractivity contribution >= 4 is 5.82 Å². The average Bonchev–Trinajstić information content (AvgIpc) is 2.74. The molecule has 0 spiro atoms. The maximum absolute atomic E-state index is 9.42. The Balaban J connectivity index is 1.72. The number of nitrogens with zero attached hydrogens (tertiary/aromatic N) is 1. The molecule has 1 aromatic heterocycles. The number of aliphatic hydroxyl groups is 1. The molecule has 2 rings (SSSR count). The second kappa shape index (κ2) is 14.0. The van der Waals surface area contributed by atoms with Gasteiger partial charge in [0.2, 0.25) is 0 Å². The Hall–Kier alpha value is -2.07. The highest BCUT2D eigenvalue weighted by atomic mass is 16.5. The van der Waals surface area contributed by atoms with Gasteiger partial charge in [0.1, 0.15) is 11.6 Å². The first-order chi connectivity index (χ1) is 14.2. The van der Waals surface area contributed by atoms with Gasteiger partial charge in [0.25, 0.3) is 0 Å². The lowest BCUT2D eigenvalue weighted by Gasteiger charge is -2.11. The number of benzene rings is 1. The van der Waals surface area contributed by atoms with Crippen LogP contribution in [0, 0.1) is 0 Å². The van der Waals surface area contributed by atoms with Crippen LogP contribution < -0.4 is 10.1 Å². The summed E-state index contributed by atoms with van der Waals surface area (Å²) in [7, 11) is 0. The van der Waals surface area contributed by atoms with Crippen molar-refractivity contribution in [2.45, 2.75) is 77.7 Å². The van der Waals surface area contributed by atoms with Crippen molar-refractivity contribution in [3.05, 3.63) is 42.6 Å². The summed E-state index contributed by atoms with van der Waals surface area (Å²) in [5.74, 6) is 1.68. The van der Waals surface area contributed by atoms with Crippen LogP contribution in [0.3, 0.4) is 0 Å². The fraction of sp³-hybridized carbons (Fsp3) is 0.560. The van der Waals surface area contributed by atoms with Gasteiger partial charge in [-0.05, 0) is 48.7 Å². The molecule has 1 aromatic carbocycles. The SMILES string of the molecule is CCCCCCCCCCCOc1cccc(-c2ccnc(NC[C@@H](C)O)c2)c1. The topological polar surface area (TPSA) is 54.4 Å². The summed E-state index contributed by atoms with van der Waals surface area (Å²) >= 11 is 0. The maximum Gasteiger partial charge on any atom is 0.126 e. The molecule has 1 heterocycles. The van der Waals surface area contributed by atoms with Gasteiger partial charge in [-0.2, -0.15) is 0 Å². The van der Waals surface area contributed by atoms with Crippen molar-refractivity contribution in [1.29, 1.82) is 0 Å². The summed E-state index contributed by atoms with van der Waals surface area (Å²) in [6.07, 6.45) is 13.3. The van der Waals surface area contributed by atoms with E-state index in [1.165, 1.54) is 51.4 Å². The molecule has 4 heteroatoms. The highest BCUT2D eigenvalue weighted by Crippen LogP contribution is 2.25. The van der Waals surface area contributed by atoms with Crippen LogP contribution >= 0.6 is 0 Å². The molecule has 0 amide bonds. The molecule has 0 fully saturated rings. The molecule has 0 unspecified atom stereocenters. The van der Waals surface area contributed by atoms with E-state index in [0.29, 0.717) is 6.54 Å². The van der Waals surface area contributed by atoms with E-state index in [1.807, 2.05) is 24.3 Å². The van der Waals surface area contributed by atoms with Crippen molar-refractivity contribution < 1.29 is 9.84 Å². The summed E-state index contributed by atoms with van der Waals surface area (Å²) in [5.41, 5.74) is 2.19. The van der Waals surface area contributed by atoms with Gasteiger partial charge in [-0.25, -0.2) is 4.98 Å². The number of rotatable bonds is 15. The van der Waals surface area contributed by atoms with Crippen molar-refractivity contribution in [1.82, 2.24) is 4.98 Å². The lowest BCUT2D eigenvalue weighted by Crippen LogP contribution is -2.15. The number of unbranched alkanes of at least 4 members (excludes halogenated alkanes) is 8. The number of hydrogen-bond donors (Lipinski definition) is 2. The van der Waals surface area contributed by atoms with Gasteiger partial charge in [-0.3, -0.25) is 0 Å². The Labute approximate surface area is 176 Å². The molecule has 0 saturated carbocycles. The van der Waals surface area contributed by atoms with Crippen molar-refractivity contribution in [2.75, 3.05) is 18.5 Å². The van der Waals surface area contributed by atoms with E-state index in [1.54, 1.807) is 13.1 Å². The Morgan fingerprint density at radius 3 is 2.34 bits per heavy atom. The van der Waals surface area contributed by atoms with E-state index in [4.69, 9.17) is 4.74 Å². The van der Waals surface area contributed by atoms with Gasteiger partial charge in [-0.1, -0.05) is 70.4 Å². The van der Waals surface area contributed by atoms with Crippen LogP contribution in [-0.2, 0) is 0 Å².